The van der Waals surface area contributed by atoms with Crippen LogP contribution in [0.5, 0.6) is 0 Å². The number of rotatable bonds is 3. The minimum absolute atomic E-state index is 0.0113. The quantitative estimate of drug-likeness (QED) is 0.768. The summed E-state index contributed by atoms with van der Waals surface area (Å²) in [6, 6.07) is 12.1. The Morgan fingerprint density at radius 3 is 2.57 bits per heavy atom. The van der Waals surface area contributed by atoms with E-state index < -0.39 is 29.5 Å². The number of hydrogen-bond donors (Lipinski definition) is 2. The van der Waals surface area contributed by atoms with E-state index >= 15 is 0 Å². The first kappa shape index (κ1) is 14.7. The van der Waals surface area contributed by atoms with E-state index in [1.165, 1.54) is 18.2 Å². The van der Waals surface area contributed by atoms with E-state index in [0.717, 1.165) is 4.57 Å². The molecule has 3 rings (SSSR count). The van der Waals surface area contributed by atoms with Crippen LogP contribution >= 0.6 is 0 Å². The van der Waals surface area contributed by atoms with Crippen LogP contribution in [-0.4, -0.2) is 15.5 Å². The summed E-state index contributed by atoms with van der Waals surface area (Å²) in [5, 5.41) is 2.63. The molecule has 0 spiro atoms. The normalized spacial score (nSPS) is 10.7. The molecule has 116 valence electrons. The first-order valence-corrected chi connectivity index (χ1v) is 6.82. The molecule has 6 nitrogen and oxygen atoms in total. The van der Waals surface area contributed by atoms with Gasteiger partial charge in [0.25, 0.3) is 5.56 Å². The van der Waals surface area contributed by atoms with Crippen LogP contribution in [0.25, 0.3) is 10.9 Å². The molecule has 7 heteroatoms. The van der Waals surface area contributed by atoms with Crippen molar-refractivity contribution >= 4 is 22.5 Å². The van der Waals surface area contributed by atoms with Gasteiger partial charge in [0.15, 0.2) is 0 Å². The second-order valence-electron chi connectivity index (χ2n) is 4.90. The number of amides is 1. The van der Waals surface area contributed by atoms with Gasteiger partial charge in [-0.05, 0) is 24.3 Å². The van der Waals surface area contributed by atoms with Gasteiger partial charge in [0.2, 0.25) is 5.91 Å². The third-order valence-electron chi connectivity index (χ3n) is 3.34. The van der Waals surface area contributed by atoms with Crippen molar-refractivity contribution in [1.82, 2.24) is 9.55 Å². The number of benzene rings is 2. The molecule has 0 aliphatic carbocycles. The van der Waals surface area contributed by atoms with Crippen LogP contribution < -0.4 is 16.6 Å². The number of carbonyl (C=O) groups is 1. The summed E-state index contributed by atoms with van der Waals surface area (Å²) in [5.74, 6) is -1.27. The fourth-order valence-corrected chi connectivity index (χ4v) is 2.24. The highest BCUT2D eigenvalue weighted by Crippen LogP contribution is 2.12. The number of H-pyrrole nitrogens is 1. The average Bonchev–Trinajstić information content (AvgIpc) is 2.54. The third-order valence-corrected chi connectivity index (χ3v) is 3.34. The Bertz CT molecular complexity index is 1010. The first-order chi connectivity index (χ1) is 11.1. The molecule has 0 unspecified atom stereocenters. The van der Waals surface area contributed by atoms with Gasteiger partial charge in [-0.3, -0.25) is 14.2 Å². The van der Waals surface area contributed by atoms with Crippen LogP contribution in [0.15, 0.2) is 58.1 Å². The van der Waals surface area contributed by atoms with Gasteiger partial charge in [0, 0.05) is 0 Å². The van der Waals surface area contributed by atoms with Gasteiger partial charge < -0.3 is 10.3 Å². The van der Waals surface area contributed by atoms with Gasteiger partial charge >= 0.3 is 5.69 Å². The molecule has 2 N–H and O–H groups in total. The van der Waals surface area contributed by atoms with Crippen molar-refractivity contribution in [2.24, 2.45) is 0 Å². The average molecular weight is 313 g/mol. The largest absolute Gasteiger partial charge is 0.329 e. The molecule has 1 heterocycles. The van der Waals surface area contributed by atoms with Gasteiger partial charge in [0.1, 0.15) is 12.4 Å². The number of nitrogens with zero attached hydrogens (tertiary/aromatic N) is 1. The van der Waals surface area contributed by atoms with Crippen LogP contribution in [0.1, 0.15) is 0 Å². The molecule has 0 bridgehead atoms. The molecule has 23 heavy (non-hydrogen) atoms. The highest BCUT2D eigenvalue weighted by Gasteiger charge is 2.12. The number of nitrogens with one attached hydrogen (secondary N) is 2. The molecule has 0 atom stereocenters. The van der Waals surface area contributed by atoms with Gasteiger partial charge in [-0.2, -0.15) is 0 Å². The van der Waals surface area contributed by atoms with Gasteiger partial charge in [0.05, 0.1) is 16.6 Å². The number of halogens is 1. The lowest BCUT2D eigenvalue weighted by Crippen LogP contribution is -2.38. The number of anilines is 1. The summed E-state index contributed by atoms with van der Waals surface area (Å²) in [4.78, 5) is 38.8. The molecule has 0 fully saturated rings. The molecule has 1 aromatic heterocycles. The van der Waals surface area contributed by atoms with Gasteiger partial charge in [-0.15, -0.1) is 0 Å². The zero-order valence-electron chi connectivity index (χ0n) is 11.9. The van der Waals surface area contributed by atoms with Crippen molar-refractivity contribution in [2.75, 3.05) is 5.32 Å². The SMILES string of the molecule is O=C(Cn1c(=O)[nH]c2ccccc2c1=O)Nc1ccccc1F. The maximum absolute atomic E-state index is 13.5. The number of para-hydroxylation sites is 2. The van der Waals surface area contributed by atoms with Gasteiger partial charge in [-0.25, -0.2) is 9.18 Å². The van der Waals surface area contributed by atoms with E-state index in [0.29, 0.717) is 10.9 Å². The van der Waals surface area contributed by atoms with E-state index in [-0.39, 0.29) is 5.69 Å². The smallest absolute Gasteiger partial charge is 0.322 e. The fourth-order valence-electron chi connectivity index (χ4n) is 2.24. The Labute approximate surface area is 129 Å². The monoisotopic (exact) mass is 313 g/mol. The molecule has 2 aromatic carbocycles. The van der Waals surface area contributed by atoms with Crippen molar-refractivity contribution in [1.29, 1.82) is 0 Å². The molecule has 1 amide bonds. The molecule has 0 aliphatic heterocycles. The molecule has 0 saturated heterocycles. The Balaban J connectivity index is 1.93. The summed E-state index contributed by atoms with van der Waals surface area (Å²) < 4.78 is 14.3. The molecule has 0 radical (unpaired) electrons. The van der Waals surface area contributed by atoms with E-state index in [9.17, 15) is 18.8 Å². The van der Waals surface area contributed by atoms with Crippen LogP contribution in [0.3, 0.4) is 0 Å². The second-order valence-corrected chi connectivity index (χ2v) is 4.90. The van der Waals surface area contributed by atoms with E-state index in [1.54, 1.807) is 30.3 Å². The first-order valence-electron chi connectivity index (χ1n) is 6.82. The maximum atomic E-state index is 13.5. The maximum Gasteiger partial charge on any atom is 0.329 e. The number of fused-ring (bicyclic) bond motifs is 1. The number of aromatic nitrogens is 2. The Hall–Kier alpha value is -3.22. The predicted molar refractivity (Wildman–Crippen MR) is 83.9 cm³/mol. The molecule has 0 aliphatic rings. The number of carbonyl (C=O) groups excluding carboxylic acids is 1. The lowest BCUT2D eigenvalue weighted by Gasteiger charge is -2.08. The lowest BCUT2D eigenvalue weighted by atomic mass is 10.2. The third kappa shape index (κ3) is 2.89. The highest BCUT2D eigenvalue weighted by atomic mass is 19.1. The van der Waals surface area contributed by atoms with Crippen LogP contribution in [-0.2, 0) is 11.3 Å². The fraction of sp³-hybridized carbons (Fsp3) is 0.0625. The van der Waals surface area contributed by atoms with Crippen molar-refractivity contribution in [3.8, 4) is 0 Å². The Morgan fingerprint density at radius 1 is 1.09 bits per heavy atom. The zero-order chi connectivity index (χ0) is 16.4. The topological polar surface area (TPSA) is 84.0 Å². The van der Waals surface area contributed by atoms with Crippen molar-refractivity contribution < 1.29 is 9.18 Å². The lowest BCUT2D eigenvalue weighted by molar-refractivity contribution is -0.116. The van der Waals surface area contributed by atoms with Gasteiger partial charge in [-0.1, -0.05) is 24.3 Å². The summed E-state index contributed by atoms with van der Waals surface area (Å²) in [5.41, 5.74) is -0.888. The van der Waals surface area contributed by atoms with Crippen molar-refractivity contribution in [2.45, 2.75) is 6.54 Å². The zero-order valence-corrected chi connectivity index (χ0v) is 11.9. The summed E-state index contributed by atoms with van der Waals surface area (Å²) in [6.45, 7) is -0.507. The molecule has 0 saturated carbocycles. The van der Waals surface area contributed by atoms with Crippen LogP contribution in [0.4, 0.5) is 10.1 Å². The summed E-state index contributed by atoms with van der Waals surface area (Å²) in [7, 11) is 0. The summed E-state index contributed by atoms with van der Waals surface area (Å²) in [6.07, 6.45) is 0. The molecular weight excluding hydrogens is 301 g/mol. The standard InChI is InChI=1S/C16H12FN3O3/c17-11-6-2-4-8-13(11)18-14(21)9-20-15(22)10-5-1-3-7-12(10)19-16(20)23/h1-8H,9H2,(H,18,21)(H,19,23). The minimum Gasteiger partial charge on any atom is -0.322 e. The van der Waals surface area contributed by atoms with Crippen LogP contribution in [0.2, 0.25) is 0 Å². The molecule has 3 aromatic rings. The predicted octanol–water partition coefficient (Wildman–Crippen LogP) is 1.47. The Morgan fingerprint density at radius 2 is 1.78 bits per heavy atom. The minimum atomic E-state index is -0.697. The molecular formula is C16H12FN3O3. The summed E-state index contributed by atoms with van der Waals surface area (Å²) >= 11 is 0. The van der Waals surface area contributed by atoms with Crippen LogP contribution in [0, 0.1) is 5.82 Å². The van der Waals surface area contributed by atoms with E-state index in [1.807, 2.05) is 0 Å². The second kappa shape index (κ2) is 5.88. The highest BCUT2D eigenvalue weighted by molar-refractivity contribution is 5.90. The Kier molecular flexibility index (Phi) is 3.76. The van der Waals surface area contributed by atoms with E-state index in [4.69, 9.17) is 0 Å². The number of hydrogen-bond acceptors (Lipinski definition) is 3. The van der Waals surface area contributed by atoms with Crippen molar-refractivity contribution in [3.63, 3.8) is 0 Å². The van der Waals surface area contributed by atoms with E-state index in [2.05, 4.69) is 10.3 Å². The number of aromatic amines is 1. The van der Waals surface area contributed by atoms with Crippen molar-refractivity contribution in [3.05, 3.63) is 75.2 Å².